The topological polar surface area (TPSA) is 41.5 Å². The lowest BCUT2D eigenvalue weighted by Gasteiger charge is -2.18. The van der Waals surface area contributed by atoms with Gasteiger partial charge in [-0.05, 0) is 49.4 Å². The van der Waals surface area contributed by atoms with Crippen LogP contribution in [0.25, 0.3) is 0 Å². The van der Waals surface area contributed by atoms with Gasteiger partial charge in [0.1, 0.15) is 5.75 Å². The lowest BCUT2D eigenvalue weighted by Crippen LogP contribution is -2.26. The van der Waals surface area contributed by atoms with Crippen molar-refractivity contribution >= 4 is 0 Å². The number of rotatable bonds is 6. The smallest absolute Gasteiger partial charge is 0.121 e. The number of methoxy groups -OCH3 is 1. The van der Waals surface area contributed by atoms with Gasteiger partial charge in [-0.25, -0.2) is 0 Å². The fourth-order valence-electron chi connectivity index (χ4n) is 2.04. The van der Waals surface area contributed by atoms with Crippen molar-refractivity contribution in [2.75, 3.05) is 20.3 Å². The Bertz CT molecular complexity index is 374. The van der Waals surface area contributed by atoms with Crippen LogP contribution in [0.4, 0.5) is 0 Å². The van der Waals surface area contributed by atoms with E-state index in [1.54, 1.807) is 7.11 Å². The summed E-state index contributed by atoms with van der Waals surface area (Å²) >= 11 is 0. The first-order chi connectivity index (χ1) is 8.24. The second-order valence-corrected chi connectivity index (χ2v) is 4.82. The van der Waals surface area contributed by atoms with Gasteiger partial charge in [-0.2, -0.15) is 0 Å². The van der Waals surface area contributed by atoms with Crippen LogP contribution < -0.4 is 10.1 Å². The second-order valence-electron chi connectivity index (χ2n) is 4.82. The van der Waals surface area contributed by atoms with E-state index in [0.29, 0.717) is 0 Å². The molecule has 1 aliphatic carbocycles. The molecule has 0 bridgehead atoms. The van der Waals surface area contributed by atoms with E-state index < -0.39 is 0 Å². The van der Waals surface area contributed by atoms with E-state index >= 15 is 0 Å². The van der Waals surface area contributed by atoms with Crippen molar-refractivity contribution in [1.82, 2.24) is 5.32 Å². The minimum absolute atomic E-state index is 0.0419. The summed E-state index contributed by atoms with van der Waals surface area (Å²) in [5.74, 6) is 1.72. The Morgan fingerprint density at radius 1 is 1.47 bits per heavy atom. The lowest BCUT2D eigenvalue weighted by molar-refractivity contribution is 0.243. The molecular formula is C14H21NO2. The first kappa shape index (κ1) is 12.4. The Labute approximate surface area is 103 Å². The van der Waals surface area contributed by atoms with Crippen molar-refractivity contribution in [2.24, 2.45) is 5.92 Å². The summed E-state index contributed by atoms with van der Waals surface area (Å²) in [7, 11) is 1.68. The Morgan fingerprint density at radius 3 is 2.76 bits per heavy atom. The summed E-state index contributed by atoms with van der Waals surface area (Å²) in [6, 6.07) is 6.11. The normalized spacial score (nSPS) is 16.9. The quantitative estimate of drug-likeness (QED) is 0.793. The van der Waals surface area contributed by atoms with E-state index in [1.165, 1.54) is 12.8 Å². The van der Waals surface area contributed by atoms with Crippen LogP contribution >= 0.6 is 0 Å². The largest absolute Gasteiger partial charge is 0.496 e. The van der Waals surface area contributed by atoms with Crippen LogP contribution in [0.1, 0.15) is 30.0 Å². The van der Waals surface area contributed by atoms with E-state index in [-0.39, 0.29) is 12.6 Å². The number of aryl methyl sites for hydroxylation is 1. The Hall–Kier alpha value is -1.06. The van der Waals surface area contributed by atoms with Gasteiger partial charge in [-0.3, -0.25) is 0 Å². The maximum Gasteiger partial charge on any atom is 0.121 e. The maximum absolute atomic E-state index is 9.44. The van der Waals surface area contributed by atoms with Crippen LogP contribution in [0.15, 0.2) is 18.2 Å². The minimum atomic E-state index is 0.0419. The summed E-state index contributed by atoms with van der Waals surface area (Å²) in [5.41, 5.74) is 2.24. The van der Waals surface area contributed by atoms with E-state index in [9.17, 15) is 5.11 Å². The van der Waals surface area contributed by atoms with Gasteiger partial charge in [0.2, 0.25) is 0 Å². The number of nitrogens with one attached hydrogen (secondary N) is 1. The van der Waals surface area contributed by atoms with E-state index in [4.69, 9.17) is 4.74 Å². The summed E-state index contributed by atoms with van der Waals surface area (Å²) in [5, 5.41) is 12.9. The number of aliphatic hydroxyl groups is 1. The molecule has 17 heavy (non-hydrogen) atoms. The summed E-state index contributed by atoms with van der Waals surface area (Å²) in [6.07, 6.45) is 2.65. The van der Waals surface area contributed by atoms with Gasteiger partial charge in [-0.15, -0.1) is 0 Å². The molecule has 2 rings (SSSR count). The molecule has 0 amide bonds. The molecule has 0 heterocycles. The average molecular weight is 235 g/mol. The molecular weight excluding hydrogens is 214 g/mol. The zero-order valence-corrected chi connectivity index (χ0v) is 10.6. The summed E-state index contributed by atoms with van der Waals surface area (Å²) < 4.78 is 5.24. The first-order valence-electron chi connectivity index (χ1n) is 6.23. The molecule has 1 fully saturated rings. The van der Waals surface area contributed by atoms with E-state index in [1.807, 2.05) is 19.1 Å². The molecule has 1 aromatic rings. The van der Waals surface area contributed by atoms with Gasteiger partial charge in [-0.1, -0.05) is 12.1 Å². The van der Waals surface area contributed by atoms with E-state index in [2.05, 4.69) is 11.4 Å². The zero-order valence-electron chi connectivity index (χ0n) is 10.6. The SMILES string of the molecule is COc1ccc(C(CO)NCC2CC2)cc1C. The molecule has 1 saturated carbocycles. The predicted molar refractivity (Wildman–Crippen MR) is 68.3 cm³/mol. The Morgan fingerprint density at radius 2 is 2.24 bits per heavy atom. The third-order valence-corrected chi connectivity index (χ3v) is 3.35. The minimum Gasteiger partial charge on any atom is -0.496 e. The van der Waals surface area contributed by atoms with Gasteiger partial charge in [0, 0.05) is 0 Å². The standard InChI is InChI=1S/C14H21NO2/c1-10-7-12(5-6-14(10)17-2)13(9-16)15-8-11-3-4-11/h5-7,11,13,15-16H,3-4,8-9H2,1-2H3. The monoisotopic (exact) mass is 235 g/mol. The van der Waals surface area contributed by atoms with Gasteiger partial charge in [0.15, 0.2) is 0 Å². The second kappa shape index (κ2) is 5.52. The van der Waals surface area contributed by atoms with Crippen molar-refractivity contribution in [3.8, 4) is 5.75 Å². The van der Waals surface area contributed by atoms with Crippen LogP contribution in [-0.2, 0) is 0 Å². The first-order valence-corrected chi connectivity index (χ1v) is 6.23. The molecule has 0 radical (unpaired) electrons. The maximum atomic E-state index is 9.44. The fourth-order valence-corrected chi connectivity index (χ4v) is 2.04. The highest BCUT2D eigenvalue weighted by Crippen LogP contribution is 2.29. The number of ether oxygens (including phenoxy) is 1. The molecule has 3 heteroatoms. The molecule has 0 aliphatic heterocycles. The number of aliphatic hydroxyl groups excluding tert-OH is 1. The van der Waals surface area contributed by atoms with Crippen molar-refractivity contribution in [3.63, 3.8) is 0 Å². The summed E-state index contributed by atoms with van der Waals surface area (Å²) in [6.45, 7) is 3.17. The molecule has 1 unspecified atom stereocenters. The fraction of sp³-hybridized carbons (Fsp3) is 0.571. The highest BCUT2D eigenvalue weighted by Gasteiger charge is 2.22. The number of hydrogen-bond donors (Lipinski definition) is 2. The molecule has 94 valence electrons. The summed E-state index contributed by atoms with van der Waals surface area (Å²) in [4.78, 5) is 0. The Kier molecular flexibility index (Phi) is 4.02. The van der Waals surface area contributed by atoms with Crippen LogP contribution in [0.2, 0.25) is 0 Å². The Balaban J connectivity index is 2.03. The van der Waals surface area contributed by atoms with Crippen molar-refractivity contribution < 1.29 is 9.84 Å². The molecule has 1 aromatic carbocycles. The zero-order chi connectivity index (χ0) is 12.3. The third-order valence-electron chi connectivity index (χ3n) is 3.35. The van der Waals surface area contributed by atoms with Crippen LogP contribution in [0.3, 0.4) is 0 Å². The van der Waals surface area contributed by atoms with Crippen molar-refractivity contribution in [1.29, 1.82) is 0 Å². The van der Waals surface area contributed by atoms with Gasteiger partial charge in [0.25, 0.3) is 0 Å². The number of benzene rings is 1. The number of hydrogen-bond acceptors (Lipinski definition) is 3. The van der Waals surface area contributed by atoms with Crippen LogP contribution in [-0.4, -0.2) is 25.4 Å². The highest BCUT2D eigenvalue weighted by molar-refractivity contribution is 5.37. The van der Waals surface area contributed by atoms with Crippen LogP contribution in [0.5, 0.6) is 5.75 Å². The van der Waals surface area contributed by atoms with Crippen molar-refractivity contribution in [2.45, 2.75) is 25.8 Å². The lowest BCUT2D eigenvalue weighted by atomic mass is 10.0. The molecule has 1 atom stereocenters. The molecule has 0 aromatic heterocycles. The van der Waals surface area contributed by atoms with Gasteiger partial charge in [0.05, 0.1) is 19.8 Å². The van der Waals surface area contributed by atoms with Crippen molar-refractivity contribution in [3.05, 3.63) is 29.3 Å². The van der Waals surface area contributed by atoms with Gasteiger partial charge >= 0.3 is 0 Å². The molecule has 3 nitrogen and oxygen atoms in total. The molecule has 0 spiro atoms. The van der Waals surface area contributed by atoms with E-state index in [0.717, 1.165) is 29.3 Å². The molecule has 0 saturated heterocycles. The predicted octanol–water partition coefficient (Wildman–Crippen LogP) is 2.04. The average Bonchev–Trinajstić information content (AvgIpc) is 3.14. The van der Waals surface area contributed by atoms with Crippen LogP contribution in [0, 0.1) is 12.8 Å². The van der Waals surface area contributed by atoms with Gasteiger partial charge < -0.3 is 15.2 Å². The highest BCUT2D eigenvalue weighted by atomic mass is 16.5. The third kappa shape index (κ3) is 3.20. The molecule has 1 aliphatic rings. The molecule has 2 N–H and O–H groups in total.